The Kier molecular flexibility index (Phi) is 1.38. The molecule has 0 aromatic rings. The predicted octanol–water partition coefficient (Wildman–Crippen LogP) is 2.58. The van der Waals surface area contributed by atoms with Gasteiger partial charge in [0.2, 0.25) is 0 Å². The molecule has 0 bridgehead atoms. The highest BCUT2D eigenvalue weighted by Gasteiger charge is 2.66. The number of hydrogen-bond donors (Lipinski definition) is 1. The van der Waals surface area contributed by atoms with E-state index in [4.69, 9.17) is 5.21 Å². The van der Waals surface area contributed by atoms with E-state index < -0.39 is 0 Å². The van der Waals surface area contributed by atoms with Crippen LogP contribution in [0.4, 0.5) is 0 Å². The van der Waals surface area contributed by atoms with E-state index >= 15 is 0 Å². The maximum absolute atomic E-state index is 8.93. The van der Waals surface area contributed by atoms with E-state index in [9.17, 15) is 0 Å². The maximum Gasteiger partial charge on any atom is 0.0613 e. The summed E-state index contributed by atoms with van der Waals surface area (Å²) in [4.78, 5) is 0. The molecule has 0 aromatic carbocycles. The van der Waals surface area contributed by atoms with Crippen molar-refractivity contribution >= 4 is 5.71 Å². The molecule has 0 amide bonds. The van der Waals surface area contributed by atoms with Crippen LogP contribution in [0.3, 0.4) is 0 Å². The second-order valence-corrected chi connectivity index (χ2v) is 4.67. The van der Waals surface area contributed by atoms with Crippen LogP contribution in [0.1, 0.15) is 32.1 Å². The molecule has 70 valence electrons. The van der Waals surface area contributed by atoms with E-state index in [1.165, 1.54) is 25.7 Å². The van der Waals surface area contributed by atoms with Gasteiger partial charge in [-0.2, -0.15) is 0 Å². The Hall–Kier alpha value is -0.790. The van der Waals surface area contributed by atoms with E-state index in [2.05, 4.69) is 17.3 Å². The predicted molar refractivity (Wildman–Crippen MR) is 50.9 cm³/mol. The highest BCUT2D eigenvalue weighted by Crippen LogP contribution is 2.69. The first-order valence-electron chi connectivity index (χ1n) is 5.26. The van der Waals surface area contributed by atoms with Gasteiger partial charge in [0.25, 0.3) is 0 Å². The molecule has 0 aliphatic heterocycles. The van der Waals surface area contributed by atoms with Crippen LogP contribution in [0, 0.1) is 17.3 Å². The minimum atomic E-state index is 0.512. The summed E-state index contributed by atoms with van der Waals surface area (Å²) < 4.78 is 0. The summed E-state index contributed by atoms with van der Waals surface area (Å²) in [7, 11) is 0. The van der Waals surface area contributed by atoms with Crippen LogP contribution in [0.15, 0.2) is 17.3 Å². The van der Waals surface area contributed by atoms with Gasteiger partial charge >= 0.3 is 0 Å². The molecule has 3 atom stereocenters. The van der Waals surface area contributed by atoms with Crippen molar-refractivity contribution in [1.82, 2.24) is 0 Å². The van der Waals surface area contributed by atoms with Gasteiger partial charge in [0, 0.05) is 5.92 Å². The van der Waals surface area contributed by atoms with Gasteiger partial charge < -0.3 is 5.21 Å². The molecule has 2 fully saturated rings. The highest BCUT2D eigenvalue weighted by molar-refractivity contribution is 5.91. The monoisotopic (exact) mass is 177 g/mol. The Morgan fingerprint density at radius 2 is 2.38 bits per heavy atom. The molecule has 3 unspecified atom stereocenters. The summed E-state index contributed by atoms with van der Waals surface area (Å²) in [6.45, 7) is 0. The average Bonchev–Trinajstić information content (AvgIpc) is 2.64. The van der Waals surface area contributed by atoms with Crippen LogP contribution in [0.5, 0.6) is 0 Å². The average molecular weight is 177 g/mol. The lowest BCUT2D eigenvalue weighted by Gasteiger charge is -2.09. The molecule has 3 aliphatic carbocycles. The van der Waals surface area contributed by atoms with Gasteiger partial charge in [-0.05, 0) is 37.0 Å². The molecule has 2 nitrogen and oxygen atoms in total. The lowest BCUT2D eigenvalue weighted by atomic mass is 9.95. The van der Waals surface area contributed by atoms with E-state index in [0.717, 1.165) is 18.1 Å². The standard InChI is InChI=1S/C11H15NO/c13-12-9-5-1-2-6-11-7-3-4-8(11)10(9)11/h3-4,8,10,13H,1-2,5-7H2. The van der Waals surface area contributed by atoms with Crippen LogP contribution in [0.25, 0.3) is 0 Å². The van der Waals surface area contributed by atoms with Crippen LogP contribution >= 0.6 is 0 Å². The second-order valence-electron chi connectivity index (χ2n) is 4.67. The molecule has 13 heavy (non-hydrogen) atoms. The van der Waals surface area contributed by atoms with Gasteiger partial charge in [-0.25, -0.2) is 0 Å². The number of rotatable bonds is 0. The van der Waals surface area contributed by atoms with Crippen molar-refractivity contribution in [3.8, 4) is 0 Å². The van der Waals surface area contributed by atoms with Crippen LogP contribution in [-0.4, -0.2) is 10.9 Å². The Morgan fingerprint density at radius 1 is 1.46 bits per heavy atom. The maximum atomic E-state index is 8.93. The van der Waals surface area contributed by atoms with Gasteiger partial charge in [0.15, 0.2) is 0 Å². The summed E-state index contributed by atoms with van der Waals surface area (Å²) in [5.74, 6) is 1.32. The van der Waals surface area contributed by atoms with E-state index in [1.807, 2.05) is 0 Å². The third kappa shape index (κ3) is 0.812. The summed E-state index contributed by atoms with van der Waals surface area (Å²) >= 11 is 0. The fourth-order valence-corrected chi connectivity index (χ4v) is 3.51. The van der Waals surface area contributed by atoms with Gasteiger partial charge in [0.05, 0.1) is 5.71 Å². The zero-order valence-electron chi connectivity index (χ0n) is 7.74. The fourth-order valence-electron chi connectivity index (χ4n) is 3.51. The molecular formula is C11H15NO. The smallest absolute Gasteiger partial charge is 0.0613 e. The third-order valence-electron chi connectivity index (χ3n) is 4.19. The first-order chi connectivity index (χ1) is 6.38. The summed E-state index contributed by atoms with van der Waals surface area (Å²) in [5, 5.41) is 12.4. The molecule has 3 rings (SSSR count). The summed E-state index contributed by atoms with van der Waals surface area (Å²) in [6, 6.07) is 0. The molecule has 3 aliphatic rings. The summed E-state index contributed by atoms with van der Waals surface area (Å²) in [5.41, 5.74) is 1.59. The zero-order chi connectivity index (χ0) is 8.89. The topological polar surface area (TPSA) is 32.6 Å². The molecule has 0 heterocycles. The Morgan fingerprint density at radius 3 is 3.23 bits per heavy atom. The van der Waals surface area contributed by atoms with Crippen molar-refractivity contribution < 1.29 is 5.21 Å². The van der Waals surface area contributed by atoms with Crippen molar-refractivity contribution in [2.45, 2.75) is 32.1 Å². The van der Waals surface area contributed by atoms with Crippen molar-refractivity contribution in [2.75, 3.05) is 0 Å². The SMILES string of the molecule is ON=C1CCCCC23CC=CC2C13. The molecular weight excluding hydrogens is 162 g/mol. The summed E-state index contributed by atoms with van der Waals surface area (Å²) in [6.07, 6.45) is 10.8. The number of nitrogens with zero attached hydrogens (tertiary/aromatic N) is 1. The van der Waals surface area contributed by atoms with E-state index in [0.29, 0.717) is 11.3 Å². The normalized spacial score (nSPS) is 50.0. The molecule has 0 saturated heterocycles. The van der Waals surface area contributed by atoms with Crippen molar-refractivity contribution in [3.63, 3.8) is 0 Å². The quantitative estimate of drug-likeness (QED) is 0.344. The van der Waals surface area contributed by atoms with Crippen LogP contribution < -0.4 is 0 Å². The molecule has 1 N–H and O–H groups in total. The number of hydrogen-bond acceptors (Lipinski definition) is 2. The number of allylic oxidation sites excluding steroid dienone is 2. The number of fused-ring (bicyclic) bond motifs is 1. The molecule has 2 saturated carbocycles. The fraction of sp³-hybridized carbons (Fsp3) is 0.727. The highest BCUT2D eigenvalue weighted by atomic mass is 16.4. The molecule has 0 aromatic heterocycles. The van der Waals surface area contributed by atoms with Crippen molar-refractivity contribution in [2.24, 2.45) is 22.4 Å². The Bertz CT molecular complexity index is 294. The second kappa shape index (κ2) is 2.37. The minimum absolute atomic E-state index is 0.512. The first-order valence-corrected chi connectivity index (χ1v) is 5.26. The molecule has 0 radical (unpaired) electrons. The first kappa shape index (κ1) is 7.60. The largest absolute Gasteiger partial charge is 0.411 e. The van der Waals surface area contributed by atoms with Gasteiger partial charge in [0.1, 0.15) is 0 Å². The Balaban J connectivity index is 1.94. The number of oxime groups is 1. The van der Waals surface area contributed by atoms with E-state index in [1.54, 1.807) is 0 Å². The zero-order valence-corrected chi connectivity index (χ0v) is 7.74. The molecule has 2 heteroatoms. The van der Waals surface area contributed by atoms with Gasteiger partial charge in [-0.3, -0.25) is 0 Å². The third-order valence-corrected chi connectivity index (χ3v) is 4.19. The lowest BCUT2D eigenvalue weighted by Crippen LogP contribution is -2.07. The van der Waals surface area contributed by atoms with Gasteiger partial charge in [-0.1, -0.05) is 23.7 Å². The molecule has 1 spiro atoms. The van der Waals surface area contributed by atoms with Crippen molar-refractivity contribution in [3.05, 3.63) is 12.2 Å². The van der Waals surface area contributed by atoms with Crippen LogP contribution in [-0.2, 0) is 0 Å². The van der Waals surface area contributed by atoms with Crippen molar-refractivity contribution in [1.29, 1.82) is 0 Å². The van der Waals surface area contributed by atoms with E-state index in [-0.39, 0.29) is 0 Å². The van der Waals surface area contributed by atoms with Crippen LogP contribution in [0.2, 0.25) is 0 Å². The minimum Gasteiger partial charge on any atom is -0.411 e. The Labute approximate surface area is 78.3 Å². The lowest BCUT2D eigenvalue weighted by molar-refractivity contribution is 0.314. The van der Waals surface area contributed by atoms with Gasteiger partial charge in [-0.15, -0.1) is 0 Å².